The predicted octanol–water partition coefficient (Wildman–Crippen LogP) is -3.88. The summed E-state index contributed by atoms with van der Waals surface area (Å²) in [5.74, 6) is 0. The molecule has 0 unspecified atom stereocenters. The summed E-state index contributed by atoms with van der Waals surface area (Å²) >= 11 is 0. The smallest absolute Gasteiger partial charge is 1.00 e. The summed E-state index contributed by atoms with van der Waals surface area (Å²) < 4.78 is 20.5. The first-order valence-electron chi connectivity index (χ1n) is 2.34. The molecule has 0 fully saturated rings. The van der Waals surface area contributed by atoms with Gasteiger partial charge < -0.3 is 26.1 Å². The van der Waals surface area contributed by atoms with E-state index in [1.165, 1.54) is 0 Å². The van der Waals surface area contributed by atoms with Gasteiger partial charge >= 0.3 is 66.6 Å². The van der Waals surface area contributed by atoms with Gasteiger partial charge in [0.1, 0.15) is 0 Å². The number of rotatable bonds is 2. The fourth-order valence-corrected chi connectivity index (χ4v) is 1.53. The van der Waals surface area contributed by atoms with Gasteiger partial charge in [0.15, 0.2) is 0 Å². The molecule has 10 heteroatoms. The summed E-state index contributed by atoms with van der Waals surface area (Å²) in [5.41, 5.74) is 0. The fourth-order valence-electron chi connectivity index (χ4n) is 0.170. The Bertz CT molecular complexity index is 217. The first-order valence-corrected chi connectivity index (χ1v) is 5.56. The number of aliphatic hydroxyl groups is 1. The third-order valence-electron chi connectivity index (χ3n) is 1.10. The quantitative estimate of drug-likeness (QED) is 0.248. The van der Waals surface area contributed by atoms with Crippen LogP contribution in [-0.4, -0.2) is 29.8 Å². The summed E-state index contributed by atoms with van der Waals surface area (Å²) in [5, 5.41) is 5.37. The third-order valence-corrected chi connectivity index (χ3v) is 4.87. The van der Waals surface area contributed by atoms with Crippen molar-refractivity contribution >= 4 is 15.2 Å². The first-order chi connectivity index (χ1) is 4.50. The molecule has 12 heavy (non-hydrogen) atoms. The van der Waals surface area contributed by atoms with Crippen LogP contribution in [-0.2, 0) is 9.13 Å². The zero-order chi connectivity index (χ0) is 9.50. The van der Waals surface area contributed by atoms with Crippen molar-refractivity contribution in [2.45, 2.75) is 12.0 Å². The molecule has 0 heterocycles. The van der Waals surface area contributed by atoms with Crippen molar-refractivity contribution < 1.29 is 86.6 Å². The summed E-state index contributed by atoms with van der Waals surface area (Å²) in [7, 11) is -10.4. The zero-order valence-corrected chi connectivity index (χ0v) is 11.4. The van der Waals surface area contributed by atoms with Crippen LogP contribution in [0.1, 0.15) is 8.35 Å². The van der Waals surface area contributed by atoms with Crippen LogP contribution in [0.3, 0.4) is 0 Å². The maximum Gasteiger partial charge on any atom is 1.00 e. The van der Waals surface area contributed by atoms with Gasteiger partial charge in [0, 0.05) is 0 Å². The Hall–Kier alpha value is 1.90. The van der Waals surface area contributed by atoms with Crippen molar-refractivity contribution in [2.24, 2.45) is 0 Å². The molecule has 0 bridgehead atoms. The Morgan fingerprint density at radius 1 is 1.08 bits per heavy atom. The summed E-state index contributed by atoms with van der Waals surface area (Å²) in [4.78, 5) is 33.0. The van der Waals surface area contributed by atoms with Crippen LogP contribution in [0.4, 0.5) is 0 Å². The maximum absolute atomic E-state index is 10.3. The van der Waals surface area contributed by atoms with Gasteiger partial charge in [-0.25, -0.2) is 0 Å². The van der Waals surface area contributed by atoms with Crippen LogP contribution in [0.2, 0.25) is 0 Å². The summed E-state index contributed by atoms with van der Waals surface area (Å²) in [6.07, 6.45) is 0. The molecule has 0 amide bonds. The minimum atomic E-state index is -5.20. The molecule has 0 aliphatic rings. The maximum atomic E-state index is 10.3. The minimum Gasteiger partial charge on any atom is -1.00 e. The van der Waals surface area contributed by atoms with Crippen molar-refractivity contribution in [1.82, 2.24) is 0 Å². The molecule has 0 radical (unpaired) electrons. The van der Waals surface area contributed by atoms with Crippen LogP contribution in [0.15, 0.2) is 0 Å². The molecule has 0 saturated carbocycles. The Labute approximate surface area is 112 Å². The molecule has 0 atom stereocenters. The van der Waals surface area contributed by atoms with Crippen LogP contribution >= 0.6 is 15.2 Å². The van der Waals surface area contributed by atoms with E-state index in [0.29, 0.717) is 6.92 Å². The molecular formula is C2H9KO7P2. The molecule has 0 aliphatic heterocycles. The molecule has 0 spiro atoms. The predicted molar refractivity (Wildman–Crippen MR) is 35.8 cm³/mol. The Balaban J connectivity index is -0.000000500. The average molecular weight is 246 g/mol. The molecule has 5 N–H and O–H groups in total. The van der Waals surface area contributed by atoms with Crippen molar-refractivity contribution in [3.8, 4) is 0 Å². The van der Waals surface area contributed by atoms with Crippen LogP contribution < -0.4 is 51.4 Å². The van der Waals surface area contributed by atoms with Crippen molar-refractivity contribution in [3.05, 3.63) is 0 Å². The molecule has 0 rings (SSSR count). The summed E-state index contributed by atoms with van der Waals surface area (Å²) in [6.45, 7) is 0.383. The van der Waals surface area contributed by atoms with Gasteiger partial charge in [-0.05, 0) is 6.92 Å². The van der Waals surface area contributed by atoms with Crippen molar-refractivity contribution in [2.75, 3.05) is 0 Å². The zero-order valence-electron chi connectivity index (χ0n) is 7.45. The van der Waals surface area contributed by atoms with Gasteiger partial charge in [-0.3, -0.25) is 9.13 Å². The van der Waals surface area contributed by atoms with E-state index in [0.717, 1.165) is 0 Å². The Kier molecular flexibility index (Phi) is 6.27. The van der Waals surface area contributed by atoms with Crippen LogP contribution in [0, 0.1) is 0 Å². The molecular weight excluding hydrogens is 237 g/mol. The SMILES string of the molecule is CC(O)(P(=O)(O)O)P(=O)(O)O.[H-].[K+]. The van der Waals surface area contributed by atoms with Crippen LogP contribution in [0.25, 0.3) is 0 Å². The largest absolute Gasteiger partial charge is 1.00 e. The van der Waals surface area contributed by atoms with Crippen molar-refractivity contribution in [3.63, 3.8) is 0 Å². The van der Waals surface area contributed by atoms with Gasteiger partial charge in [-0.1, -0.05) is 0 Å². The fraction of sp³-hybridized carbons (Fsp3) is 1.00. The topological polar surface area (TPSA) is 135 Å². The summed E-state index contributed by atoms with van der Waals surface area (Å²) in [6, 6.07) is 0. The van der Waals surface area contributed by atoms with Gasteiger partial charge in [0.05, 0.1) is 0 Å². The Morgan fingerprint density at radius 3 is 1.25 bits per heavy atom. The van der Waals surface area contributed by atoms with E-state index in [9.17, 15) is 9.13 Å². The van der Waals surface area contributed by atoms with E-state index >= 15 is 0 Å². The van der Waals surface area contributed by atoms with E-state index < -0.39 is 20.3 Å². The molecule has 7 nitrogen and oxygen atoms in total. The number of hydrogen-bond acceptors (Lipinski definition) is 3. The van der Waals surface area contributed by atoms with E-state index in [-0.39, 0.29) is 52.8 Å². The Morgan fingerprint density at radius 2 is 1.25 bits per heavy atom. The van der Waals surface area contributed by atoms with E-state index in [1.807, 2.05) is 0 Å². The second-order valence-electron chi connectivity index (χ2n) is 2.06. The number of hydrogen-bond donors (Lipinski definition) is 5. The standard InChI is InChI=1S/C2H8O7P2.K.H/c1-2(3,10(4,5)6)11(7,8)9;;/h3H,1H3,(H2,4,5,6)(H2,7,8,9);;/q;+1;-1. The normalized spacial score (nSPS) is 13.8. The molecule has 0 saturated heterocycles. The third kappa shape index (κ3) is 3.57. The van der Waals surface area contributed by atoms with Gasteiger partial charge in [0.2, 0.25) is 0 Å². The van der Waals surface area contributed by atoms with Gasteiger partial charge in [-0.15, -0.1) is 0 Å². The van der Waals surface area contributed by atoms with Crippen LogP contribution in [0.5, 0.6) is 0 Å². The first kappa shape index (κ1) is 16.3. The van der Waals surface area contributed by atoms with Gasteiger partial charge in [0.25, 0.3) is 5.08 Å². The molecule has 0 aromatic rings. The second-order valence-corrected chi connectivity index (χ2v) is 6.33. The van der Waals surface area contributed by atoms with E-state index in [1.54, 1.807) is 0 Å². The molecule has 70 valence electrons. The monoisotopic (exact) mass is 246 g/mol. The molecule has 0 aliphatic carbocycles. The van der Waals surface area contributed by atoms with Crippen molar-refractivity contribution in [1.29, 1.82) is 0 Å². The van der Waals surface area contributed by atoms with Gasteiger partial charge in [-0.2, -0.15) is 0 Å². The molecule has 0 aromatic carbocycles. The molecule has 0 aromatic heterocycles. The van der Waals surface area contributed by atoms with E-state index in [2.05, 4.69) is 0 Å². The average Bonchev–Trinajstić information content (AvgIpc) is 1.58. The second kappa shape index (κ2) is 4.61. The van der Waals surface area contributed by atoms with E-state index in [4.69, 9.17) is 24.7 Å². The minimum absolute atomic E-state index is 0.